The molecule has 1 N–H and O–H groups in total. The summed E-state index contributed by atoms with van der Waals surface area (Å²) in [4.78, 5) is 9.03. The van der Waals surface area contributed by atoms with Gasteiger partial charge in [0.25, 0.3) is 5.88 Å². The normalized spacial score (nSPS) is 26.4. The number of aryl methyl sites for hydroxylation is 1. The van der Waals surface area contributed by atoms with E-state index in [0.717, 1.165) is 10.1 Å². The zero-order valence-corrected chi connectivity index (χ0v) is 18.2. The minimum atomic E-state index is -2.48. The maximum atomic E-state index is 9.69. The van der Waals surface area contributed by atoms with Crippen LogP contribution in [0.1, 0.15) is 43.0 Å². The number of ether oxygens (including phenoxy) is 3. The van der Waals surface area contributed by atoms with Crippen LogP contribution in [0.2, 0.25) is 0 Å². The number of rotatable bonds is 5. The molecule has 0 unspecified atom stereocenters. The van der Waals surface area contributed by atoms with Crippen molar-refractivity contribution in [3.63, 3.8) is 0 Å². The van der Waals surface area contributed by atoms with E-state index in [1.165, 1.54) is 6.20 Å². The van der Waals surface area contributed by atoms with E-state index in [4.69, 9.17) is 18.3 Å². The first-order valence-corrected chi connectivity index (χ1v) is 10.6. The second-order valence-electron chi connectivity index (χ2n) is 9.00. The van der Waals surface area contributed by atoms with E-state index in [1.807, 2.05) is 18.4 Å². The van der Waals surface area contributed by atoms with Crippen molar-refractivity contribution in [3.8, 4) is 11.9 Å². The summed E-state index contributed by atoms with van der Waals surface area (Å²) in [5.74, 6) is 0.576. The molecule has 10 nitrogen and oxygen atoms in total. The van der Waals surface area contributed by atoms with Gasteiger partial charge in [0, 0.05) is 35.0 Å². The van der Waals surface area contributed by atoms with Gasteiger partial charge in [0.2, 0.25) is 5.95 Å². The second-order valence-corrected chi connectivity index (χ2v) is 9.00. The molecule has 168 valence electrons. The molecular weight excluding hydrogens is 410 g/mol. The minimum Gasteiger partial charge on any atom is -0.469 e. The van der Waals surface area contributed by atoms with Gasteiger partial charge in [-0.2, -0.15) is 10.2 Å². The SMILES string of the molecule is [2H]C([2H])([2H])n1cc(Nc2ncc3cc(C#N)n([C@H]4COC[C@@H]4C)c3n2)c(O[C@H]2COC(C)(C)C2)n1. The summed E-state index contributed by atoms with van der Waals surface area (Å²) in [6.45, 7) is 5.02. The maximum absolute atomic E-state index is 9.69. The summed E-state index contributed by atoms with van der Waals surface area (Å²) in [6, 6.07) is 3.98. The Kier molecular flexibility index (Phi) is 4.22. The molecule has 0 saturated carbocycles. The molecule has 2 aliphatic rings. The number of aromatic nitrogens is 5. The van der Waals surface area contributed by atoms with Crippen molar-refractivity contribution in [2.45, 2.75) is 44.9 Å². The smallest absolute Gasteiger partial charge is 0.257 e. The van der Waals surface area contributed by atoms with E-state index in [2.05, 4.69) is 33.4 Å². The monoisotopic (exact) mass is 440 g/mol. The van der Waals surface area contributed by atoms with Crippen LogP contribution in [0.3, 0.4) is 0 Å². The lowest BCUT2D eigenvalue weighted by molar-refractivity contribution is 0.0317. The highest BCUT2D eigenvalue weighted by atomic mass is 16.6. The Balaban J connectivity index is 1.49. The first kappa shape index (κ1) is 17.4. The molecule has 0 aliphatic carbocycles. The largest absolute Gasteiger partial charge is 0.469 e. The number of nitrogens with one attached hydrogen (secondary N) is 1. The predicted octanol–water partition coefficient (Wildman–Crippen LogP) is 2.93. The third-order valence-corrected chi connectivity index (χ3v) is 5.93. The quantitative estimate of drug-likeness (QED) is 0.644. The van der Waals surface area contributed by atoms with Crippen molar-refractivity contribution < 1.29 is 18.3 Å². The summed E-state index contributed by atoms with van der Waals surface area (Å²) in [5, 5.41) is 17.6. The summed E-state index contributed by atoms with van der Waals surface area (Å²) in [7, 11) is 0. The molecule has 0 amide bonds. The Morgan fingerprint density at radius 3 is 2.94 bits per heavy atom. The van der Waals surface area contributed by atoms with E-state index in [0.29, 0.717) is 43.3 Å². The zero-order chi connectivity index (χ0) is 25.0. The van der Waals surface area contributed by atoms with Crippen LogP contribution in [-0.2, 0) is 16.4 Å². The van der Waals surface area contributed by atoms with Gasteiger partial charge in [0.1, 0.15) is 29.2 Å². The molecule has 32 heavy (non-hydrogen) atoms. The van der Waals surface area contributed by atoms with Crippen LogP contribution in [0.5, 0.6) is 5.88 Å². The topological polar surface area (TPSA) is 112 Å². The summed E-state index contributed by atoms with van der Waals surface area (Å²) in [6.07, 6.45) is 3.35. The van der Waals surface area contributed by atoms with E-state index >= 15 is 0 Å². The van der Waals surface area contributed by atoms with Gasteiger partial charge in [0.15, 0.2) is 0 Å². The van der Waals surface area contributed by atoms with Crippen molar-refractivity contribution in [3.05, 3.63) is 24.2 Å². The van der Waals surface area contributed by atoms with Crippen LogP contribution < -0.4 is 10.1 Å². The molecule has 0 radical (unpaired) electrons. The number of nitriles is 1. The predicted molar refractivity (Wildman–Crippen MR) is 117 cm³/mol. The van der Waals surface area contributed by atoms with Crippen molar-refractivity contribution in [1.29, 1.82) is 5.26 Å². The van der Waals surface area contributed by atoms with Gasteiger partial charge in [0.05, 0.1) is 37.7 Å². The fourth-order valence-corrected chi connectivity index (χ4v) is 4.34. The standard InChI is InChI=1S/C22H27N7O3/c1-13-10-30-12-18(13)29-15(7-23)5-14-8-24-21(26-19(14)29)25-17-9-28(4)27-20(17)32-16-6-22(2,3)31-11-16/h5,8-9,13,16,18H,6,10-12H2,1-4H3,(H,24,25,26)/t13-,16+,18-/m0/s1/i4D3. The van der Waals surface area contributed by atoms with Gasteiger partial charge in [-0.1, -0.05) is 6.92 Å². The molecule has 0 bridgehead atoms. The molecule has 3 aromatic heterocycles. The van der Waals surface area contributed by atoms with Gasteiger partial charge in [-0.05, 0) is 19.9 Å². The lowest BCUT2D eigenvalue weighted by Gasteiger charge is -2.18. The van der Waals surface area contributed by atoms with Crippen LogP contribution in [-0.4, -0.2) is 55.8 Å². The number of nitrogens with zero attached hydrogens (tertiary/aromatic N) is 6. The Morgan fingerprint density at radius 1 is 1.38 bits per heavy atom. The van der Waals surface area contributed by atoms with Crippen molar-refractivity contribution in [1.82, 2.24) is 24.3 Å². The van der Waals surface area contributed by atoms with E-state index < -0.39 is 6.98 Å². The van der Waals surface area contributed by atoms with Gasteiger partial charge in [-0.25, -0.2) is 4.98 Å². The fraction of sp³-hybridized carbons (Fsp3) is 0.545. The Labute approximate surface area is 190 Å². The Hall–Kier alpha value is -3.16. The molecule has 10 heteroatoms. The van der Waals surface area contributed by atoms with Gasteiger partial charge in [-0.3, -0.25) is 4.68 Å². The lowest BCUT2D eigenvalue weighted by Crippen LogP contribution is -2.20. The molecule has 2 saturated heterocycles. The number of hydrogen-bond acceptors (Lipinski definition) is 8. The van der Waals surface area contributed by atoms with Crippen molar-refractivity contribution in [2.75, 3.05) is 25.1 Å². The highest BCUT2D eigenvalue weighted by Gasteiger charge is 2.34. The van der Waals surface area contributed by atoms with Crippen LogP contribution in [0.25, 0.3) is 11.0 Å². The van der Waals surface area contributed by atoms with Crippen LogP contribution in [0.4, 0.5) is 11.6 Å². The zero-order valence-electron chi connectivity index (χ0n) is 21.2. The number of fused-ring (bicyclic) bond motifs is 1. The second kappa shape index (κ2) is 7.76. The molecule has 5 heterocycles. The van der Waals surface area contributed by atoms with Crippen LogP contribution in [0.15, 0.2) is 18.5 Å². The molecule has 3 atom stereocenters. The average Bonchev–Trinajstić information content (AvgIpc) is 3.54. The Morgan fingerprint density at radius 2 is 2.25 bits per heavy atom. The van der Waals surface area contributed by atoms with E-state index in [1.54, 1.807) is 12.3 Å². The third-order valence-electron chi connectivity index (χ3n) is 5.93. The molecule has 2 fully saturated rings. The highest BCUT2D eigenvalue weighted by Crippen LogP contribution is 2.33. The molecule has 2 aliphatic heterocycles. The summed E-state index contributed by atoms with van der Waals surface area (Å²) < 4.78 is 43.3. The minimum absolute atomic E-state index is 0.0205. The van der Waals surface area contributed by atoms with E-state index in [-0.39, 0.29) is 35.5 Å². The van der Waals surface area contributed by atoms with Gasteiger partial charge >= 0.3 is 0 Å². The van der Waals surface area contributed by atoms with Gasteiger partial charge < -0.3 is 24.1 Å². The van der Waals surface area contributed by atoms with Crippen molar-refractivity contribution in [2.24, 2.45) is 12.9 Å². The average molecular weight is 441 g/mol. The Bertz CT molecular complexity index is 1290. The fourth-order valence-electron chi connectivity index (χ4n) is 4.34. The van der Waals surface area contributed by atoms with Gasteiger partial charge in [-0.15, -0.1) is 5.10 Å². The molecule has 0 spiro atoms. The molecular formula is C22H27N7O3. The van der Waals surface area contributed by atoms with Crippen molar-refractivity contribution >= 4 is 22.7 Å². The summed E-state index contributed by atoms with van der Waals surface area (Å²) >= 11 is 0. The van der Waals surface area contributed by atoms with Crippen LogP contribution in [0, 0.1) is 17.2 Å². The number of hydrogen-bond donors (Lipinski definition) is 1. The molecule has 5 rings (SSSR count). The third kappa shape index (κ3) is 3.78. The first-order valence-electron chi connectivity index (χ1n) is 12.1. The van der Waals surface area contributed by atoms with E-state index in [9.17, 15) is 5.26 Å². The lowest BCUT2D eigenvalue weighted by atomic mass is 10.1. The first-order chi connectivity index (χ1) is 16.5. The number of anilines is 2. The van der Waals surface area contributed by atoms with Crippen LogP contribution >= 0.6 is 0 Å². The molecule has 0 aromatic carbocycles. The maximum Gasteiger partial charge on any atom is 0.257 e. The molecule has 3 aromatic rings. The summed E-state index contributed by atoms with van der Waals surface area (Å²) in [5.41, 5.74) is 1.07. The highest BCUT2D eigenvalue weighted by molar-refractivity contribution is 5.79.